The Morgan fingerprint density at radius 2 is 2.06 bits per heavy atom. The van der Waals surface area contributed by atoms with Crippen LogP contribution in [0.5, 0.6) is 0 Å². The van der Waals surface area contributed by atoms with E-state index in [9.17, 15) is 14.0 Å². The summed E-state index contributed by atoms with van der Waals surface area (Å²) in [4.78, 5) is 22.8. The van der Waals surface area contributed by atoms with Crippen LogP contribution in [0.3, 0.4) is 0 Å². The van der Waals surface area contributed by atoms with Gasteiger partial charge in [0.15, 0.2) is 5.78 Å². The first-order valence-corrected chi connectivity index (χ1v) is 5.70. The largest absolute Gasteiger partial charge is 0.300 e. The molecule has 0 N–H and O–H groups in total. The summed E-state index contributed by atoms with van der Waals surface area (Å²) in [6.45, 7) is 3.10. The van der Waals surface area contributed by atoms with Crippen molar-refractivity contribution in [3.63, 3.8) is 0 Å². The molecule has 0 aliphatic carbocycles. The zero-order valence-electron chi connectivity index (χ0n) is 9.09. The van der Waals surface area contributed by atoms with Crippen LogP contribution >= 0.6 is 15.9 Å². The van der Waals surface area contributed by atoms with Crippen LogP contribution in [0.1, 0.15) is 30.6 Å². The van der Waals surface area contributed by atoms with Crippen molar-refractivity contribution in [2.75, 3.05) is 0 Å². The molecule has 0 aliphatic rings. The van der Waals surface area contributed by atoms with Gasteiger partial charge in [0, 0.05) is 22.4 Å². The molecule has 0 fully saturated rings. The SMILES string of the molecule is CC(=O)CC(C)C(=O)c1cc(F)ccc1Br. The van der Waals surface area contributed by atoms with Gasteiger partial charge in [-0.2, -0.15) is 0 Å². The number of hydrogen-bond donors (Lipinski definition) is 0. The van der Waals surface area contributed by atoms with Gasteiger partial charge >= 0.3 is 0 Å². The lowest BCUT2D eigenvalue weighted by Crippen LogP contribution is -2.15. The van der Waals surface area contributed by atoms with E-state index in [1.165, 1.54) is 25.1 Å². The van der Waals surface area contributed by atoms with E-state index in [1.807, 2.05) is 0 Å². The van der Waals surface area contributed by atoms with Crippen molar-refractivity contribution in [3.8, 4) is 0 Å². The number of ketones is 2. The van der Waals surface area contributed by atoms with Crippen LogP contribution in [0.4, 0.5) is 4.39 Å². The molecule has 0 bridgehead atoms. The molecule has 1 aromatic rings. The van der Waals surface area contributed by atoms with Crippen LogP contribution in [-0.2, 0) is 4.79 Å². The maximum atomic E-state index is 13.0. The van der Waals surface area contributed by atoms with Crippen molar-refractivity contribution < 1.29 is 14.0 Å². The highest BCUT2D eigenvalue weighted by Gasteiger charge is 2.19. The van der Waals surface area contributed by atoms with Gasteiger partial charge in [-0.15, -0.1) is 0 Å². The van der Waals surface area contributed by atoms with E-state index in [0.29, 0.717) is 4.47 Å². The molecule has 0 amide bonds. The second-order valence-electron chi connectivity index (χ2n) is 3.80. The molecule has 0 heterocycles. The Morgan fingerprint density at radius 1 is 1.44 bits per heavy atom. The van der Waals surface area contributed by atoms with Crippen molar-refractivity contribution in [2.45, 2.75) is 20.3 Å². The molecule has 0 saturated carbocycles. The first-order valence-electron chi connectivity index (χ1n) is 4.90. The summed E-state index contributed by atoms with van der Waals surface area (Å²) in [5, 5.41) is 0. The minimum Gasteiger partial charge on any atom is -0.300 e. The van der Waals surface area contributed by atoms with E-state index >= 15 is 0 Å². The predicted molar refractivity (Wildman–Crippen MR) is 62.9 cm³/mol. The second-order valence-corrected chi connectivity index (χ2v) is 4.65. The molecular formula is C12H12BrFO2. The highest BCUT2D eigenvalue weighted by Crippen LogP contribution is 2.22. The van der Waals surface area contributed by atoms with Crippen LogP contribution in [0.25, 0.3) is 0 Å². The highest BCUT2D eigenvalue weighted by molar-refractivity contribution is 9.10. The number of carbonyl (C=O) groups is 2. The van der Waals surface area contributed by atoms with Crippen molar-refractivity contribution in [2.24, 2.45) is 5.92 Å². The lowest BCUT2D eigenvalue weighted by Gasteiger charge is -2.09. The van der Waals surface area contributed by atoms with Gasteiger partial charge in [-0.05, 0) is 25.1 Å². The van der Waals surface area contributed by atoms with Crippen LogP contribution in [0.2, 0.25) is 0 Å². The van der Waals surface area contributed by atoms with Gasteiger partial charge in [-0.1, -0.05) is 22.9 Å². The normalized spacial score (nSPS) is 12.2. The van der Waals surface area contributed by atoms with Crippen LogP contribution in [0.15, 0.2) is 22.7 Å². The van der Waals surface area contributed by atoms with Gasteiger partial charge in [0.2, 0.25) is 0 Å². The molecule has 1 rings (SSSR count). The second kappa shape index (κ2) is 5.34. The van der Waals surface area contributed by atoms with Gasteiger partial charge < -0.3 is 4.79 Å². The topological polar surface area (TPSA) is 34.1 Å². The van der Waals surface area contributed by atoms with E-state index in [1.54, 1.807) is 6.92 Å². The van der Waals surface area contributed by atoms with E-state index in [4.69, 9.17) is 0 Å². The maximum absolute atomic E-state index is 13.0. The Hall–Kier alpha value is -1.03. The van der Waals surface area contributed by atoms with Gasteiger partial charge in [-0.25, -0.2) is 4.39 Å². The van der Waals surface area contributed by atoms with Crippen molar-refractivity contribution >= 4 is 27.5 Å². The molecule has 1 atom stereocenters. The predicted octanol–water partition coefficient (Wildman–Crippen LogP) is 3.39. The lowest BCUT2D eigenvalue weighted by molar-refractivity contribution is -0.117. The summed E-state index contributed by atoms with van der Waals surface area (Å²) in [5.74, 6) is -1.15. The van der Waals surface area contributed by atoms with Gasteiger partial charge in [0.25, 0.3) is 0 Å². The van der Waals surface area contributed by atoms with Crippen molar-refractivity contribution in [1.29, 1.82) is 0 Å². The zero-order valence-corrected chi connectivity index (χ0v) is 10.7. The lowest BCUT2D eigenvalue weighted by atomic mass is 9.95. The standard InChI is InChI=1S/C12H12BrFO2/c1-7(5-8(2)15)12(16)10-6-9(14)3-4-11(10)13/h3-4,6-7H,5H2,1-2H3. The molecule has 16 heavy (non-hydrogen) atoms. The van der Waals surface area contributed by atoms with E-state index in [-0.39, 0.29) is 23.6 Å². The first-order chi connectivity index (χ1) is 7.41. The summed E-state index contributed by atoms with van der Waals surface area (Å²) < 4.78 is 13.5. The van der Waals surface area contributed by atoms with E-state index in [2.05, 4.69) is 15.9 Å². The van der Waals surface area contributed by atoms with Crippen LogP contribution in [-0.4, -0.2) is 11.6 Å². The molecule has 4 heteroatoms. The molecule has 0 radical (unpaired) electrons. The summed E-state index contributed by atoms with van der Waals surface area (Å²) in [6, 6.07) is 3.95. The molecule has 0 saturated heterocycles. The molecule has 1 aromatic carbocycles. The molecule has 1 unspecified atom stereocenters. The monoisotopic (exact) mass is 286 g/mol. The van der Waals surface area contributed by atoms with Crippen molar-refractivity contribution in [3.05, 3.63) is 34.1 Å². The molecule has 0 spiro atoms. The molecule has 86 valence electrons. The summed E-state index contributed by atoms with van der Waals surface area (Å²) >= 11 is 3.19. The van der Waals surface area contributed by atoms with Crippen LogP contribution in [0, 0.1) is 11.7 Å². The third-order valence-corrected chi connectivity index (χ3v) is 2.93. The molecule has 2 nitrogen and oxygen atoms in total. The Morgan fingerprint density at radius 3 is 2.62 bits per heavy atom. The Labute approximate surface area is 102 Å². The Balaban J connectivity index is 2.95. The first kappa shape index (κ1) is 13.0. The van der Waals surface area contributed by atoms with Crippen molar-refractivity contribution in [1.82, 2.24) is 0 Å². The fourth-order valence-electron chi connectivity index (χ4n) is 1.48. The number of Topliss-reactive ketones (excluding diaryl/α,β-unsaturated/α-hetero) is 2. The van der Waals surface area contributed by atoms with Crippen LogP contribution < -0.4 is 0 Å². The van der Waals surface area contributed by atoms with Gasteiger partial charge in [0.1, 0.15) is 11.6 Å². The summed E-state index contributed by atoms with van der Waals surface area (Å²) in [7, 11) is 0. The fraction of sp³-hybridized carbons (Fsp3) is 0.333. The minimum atomic E-state index is -0.457. The Kier molecular flexibility index (Phi) is 4.35. The van der Waals surface area contributed by atoms with Gasteiger partial charge in [-0.3, -0.25) is 4.79 Å². The average molecular weight is 287 g/mol. The van der Waals surface area contributed by atoms with Gasteiger partial charge in [0.05, 0.1) is 0 Å². The summed E-state index contributed by atoms with van der Waals surface area (Å²) in [6.07, 6.45) is 0.182. The number of halogens is 2. The zero-order chi connectivity index (χ0) is 12.3. The Bertz CT molecular complexity index is 429. The number of rotatable bonds is 4. The minimum absolute atomic E-state index is 0.0478. The van der Waals surface area contributed by atoms with E-state index in [0.717, 1.165) is 0 Å². The quantitative estimate of drug-likeness (QED) is 0.795. The number of benzene rings is 1. The number of carbonyl (C=O) groups excluding carboxylic acids is 2. The molecular weight excluding hydrogens is 275 g/mol. The summed E-state index contributed by atoms with van der Waals surface area (Å²) in [5.41, 5.74) is 0.286. The average Bonchev–Trinajstić information content (AvgIpc) is 2.19. The fourth-order valence-corrected chi connectivity index (χ4v) is 1.92. The third-order valence-electron chi connectivity index (χ3n) is 2.24. The number of hydrogen-bond acceptors (Lipinski definition) is 2. The van der Waals surface area contributed by atoms with E-state index < -0.39 is 11.7 Å². The highest BCUT2D eigenvalue weighted by atomic mass is 79.9. The third kappa shape index (κ3) is 3.23. The molecule has 0 aromatic heterocycles. The maximum Gasteiger partial charge on any atom is 0.167 e. The molecule has 0 aliphatic heterocycles. The smallest absolute Gasteiger partial charge is 0.167 e.